The van der Waals surface area contributed by atoms with E-state index in [1.807, 2.05) is 22.6 Å². The van der Waals surface area contributed by atoms with Crippen LogP contribution in [-0.2, 0) is 19.1 Å². The van der Waals surface area contributed by atoms with Crippen molar-refractivity contribution in [3.8, 4) is 5.75 Å². The molecule has 1 saturated carbocycles. The number of allylic oxidation sites excluding steroid dienone is 2. The van der Waals surface area contributed by atoms with Crippen LogP contribution in [0.25, 0.3) is 0 Å². The average Bonchev–Trinajstić information content (AvgIpc) is 3.25. The molecule has 2 aliphatic rings. The lowest BCUT2D eigenvalue weighted by molar-refractivity contribution is -0.191. The van der Waals surface area contributed by atoms with Gasteiger partial charge in [0.05, 0.1) is 11.8 Å². The Kier molecular flexibility index (Phi) is 6.92. The van der Waals surface area contributed by atoms with Gasteiger partial charge in [-0.1, -0.05) is 12.2 Å². The SMILES string of the molecule is CC(C)(C)OC(=O)c1ccc(I)cc1OC(=O)C1C2C=CC(C2)C1C(=O)OCC(F)(F)F. The molecule has 0 amide bonds. The van der Waals surface area contributed by atoms with E-state index in [-0.39, 0.29) is 17.2 Å². The molecule has 1 fully saturated rings. The maximum Gasteiger partial charge on any atom is 0.422 e. The Morgan fingerprint density at radius 2 is 1.62 bits per heavy atom. The molecule has 0 spiro atoms. The zero-order valence-electron chi connectivity index (χ0n) is 17.6. The molecular formula is C22H22F3IO6. The number of carbonyl (C=O) groups excluding carboxylic acids is 3. The van der Waals surface area contributed by atoms with Crippen molar-refractivity contribution in [3.05, 3.63) is 39.5 Å². The number of esters is 3. The number of carbonyl (C=O) groups is 3. The molecule has 6 nitrogen and oxygen atoms in total. The van der Waals surface area contributed by atoms with Crippen LogP contribution < -0.4 is 4.74 Å². The molecule has 10 heteroatoms. The highest BCUT2D eigenvalue weighted by Gasteiger charge is 2.53. The van der Waals surface area contributed by atoms with E-state index in [9.17, 15) is 27.6 Å². The molecule has 1 aromatic carbocycles. The lowest BCUT2D eigenvalue weighted by Gasteiger charge is -2.25. The summed E-state index contributed by atoms with van der Waals surface area (Å²) >= 11 is 1.99. The van der Waals surface area contributed by atoms with E-state index in [1.165, 1.54) is 12.1 Å². The molecule has 0 aromatic heterocycles. The molecule has 3 rings (SSSR count). The van der Waals surface area contributed by atoms with Crippen molar-refractivity contribution < 1.29 is 41.8 Å². The van der Waals surface area contributed by atoms with Gasteiger partial charge in [0, 0.05) is 3.57 Å². The summed E-state index contributed by atoms with van der Waals surface area (Å²) in [4.78, 5) is 38.0. The van der Waals surface area contributed by atoms with Gasteiger partial charge in [-0.15, -0.1) is 0 Å². The normalized spacial score (nSPS) is 24.3. The van der Waals surface area contributed by atoms with Crippen LogP contribution in [0.4, 0.5) is 13.2 Å². The first-order chi connectivity index (χ1) is 14.7. The molecule has 0 heterocycles. The van der Waals surface area contributed by atoms with Gasteiger partial charge in [-0.2, -0.15) is 13.2 Å². The van der Waals surface area contributed by atoms with Gasteiger partial charge < -0.3 is 14.2 Å². The number of benzene rings is 1. The third-order valence-electron chi connectivity index (χ3n) is 5.15. The first kappa shape index (κ1) is 24.5. The number of alkyl halides is 3. The van der Waals surface area contributed by atoms with E-state index in [4.69, 9.17) is 9.47 Å². The summed E-state index contributed by atoms with van der Waals surface area (Å²) in [7, 11) is 0. The minimum Gasteiger partial charge on any atom is -0.456 e. The number of fused-ring (bicyclic) bond motifs is 2. The van der Waals surface area contributed by atoms with E-state index in [1.54, 1.807) is 39.0 Å². The second-order valence-corrected chi connectivity index (χ2v) is 10.0. The largest absolute Gasteiger partial charge is 0.456 e. The molecule has 0 N–H and O–H groups in total. The van der Waals surface area contributed by atoms with Gasteiger partial charge in [-0.3, -0.25) is 9.59 Å². The van der Waals surface area contributed by atoms with Crippen molar-refractivity contribution in [2.45, 2.75) is 39.0 Å². The van der Waals surface area contributed by atoms with Crippen LogP contribution in [0.1, 0.15) is 37.6 Å². The van der Waals surface area contributed by atoms with E-state index < -0.39 is 54.0 Å². The van der Waals surface area contributed by atoms with Crippen LogP contribution in [0.3, 0.4) is 0 Å². The second kappa shape index (κ2) is 9.03. The van der Waals surface area contributed by atoms with Crippen LogP contribution in [0, 0.1) is 27.2 Å². The first-order valence-electron chi connectivity index (χ1n) is 9.91. The van der Waals surface area contributed by atoms with Gasteiger partial charge in [-0.05, 0) is 79.8 Å². The van der Waals surface area contributed by atoms with Crippen molar-refractivity contribution in [2.75, 3.05) is 6.61 Å². The Hall–Kier alpha value is -2.11. The van der Waals surface area contributed by atoms with Crippen molar-refractivity contribution in [2.24, 2.45) is 23.7 Å². The number of ether oxygens (including phenoxy) is 3. The van der Waals surface area contributed by atoms with Crippen molar-refractivity contribution in [1.29, 1.82) is 0 Å². The van der Waals surface area contributed by atoms with Gasteiger partial charge in [0.1, 0.15) is 16.9 Å². The third kappa shape index (κ3) is 5.81. The van der Waals surface area contributed by atoms with E-state index in [0.29, 0.717) is 9.99 Å². The molecule has 4 atom stereocenters. The van der Waals surface area contributed by atoms with Crippen LogP contribution in [0.2, 0.25) is 0 Å². The maximum atomic E-state index is 13.1. The van der Waals surface area contributed by atoms with Gasteiger partial charge in [0.25, 0.3) is 0 Å². The molecule has 1 aromatic rings. The quantitative estimate of drug-likeness (QED) is 0.223. The Bertz CT molecular complexity index is 950. The Morgan fingerprint density at radius 1 is 1.03 bits per heavy atom. The Labute approximate surface area is 196 Å². The summed E-state index contributed by atoms with van der Waals surface area (Å²) in [5.41, 5.74) is -0.743. The highest BCUT2D eigenvalue weighted by molar-refractivity contribution is 14.1. The standard InChI is InChI=1S/C22H22F3IO6/c1-21(2,3)32-18(27)14-7-6-13(26)9-15(14)31-20(29)17-12-5-4-11(8-12)16(17)19(28)30-10-22(23,24)25/h4-7,9,11-12,16-17H,8,10H2,1-3H3. The lowest BCUT2D eigenvalue weighted by atomic mass is 9.83. The zero-order valence-corrected chi connectivity index (χ0v) is 19.7. The van der Waals surface area contributed by atoms with Crippen molar-refractivity contribution >= 4 is 40.5 Å². The zero-order chi connectivity index (χ0) is 23.8. The highest BCUT2D eigenvalue weighted by atomic mass is 127. The fourth-order valence-electron chi connectivity index (χ4n) is 3.97. The molecule has 2 bridgehead atoms. The fourth-order valence-corrected chi connectivity index (χ4v) is 4.44. The number of hydrogen-bond donors (Lipinski definition) is 0. The average molecular weight is 566 g/mol. The van der Waals surface area contributed by atoms with Crippen LogP contribution in [-0.4, -0.2) is 36.3 Å². The molecule has 0 aliphatic heterocycles. The summed E-state index contributed by atoms with van der Waals surface area (Å²) in [5.74, 6) is -5.46. The minimum atomic E-state index is -4.66. The second-order valence-electron chi connectivity index (χ2n) is 8.79. The van der Waals surface area contributed by atoms with Crippen molar-refractivity contribution in [3.63, 3.8) is 0 Å². The number of halogens is 4. The van der Waals surface area contributed by atoms with Crippen LogP contribution in [0.5, 0.6) is 5.75 Å². The lowest BCUT2D eigenvalue weighted by Crippen LogP contribution is -2.38. The summed E-state index contributed by atoms with van der Waals surface area (Å²) in [6, 6.07) is 4.60. The van der Waals surface area contributed by atoms with E-state index in [0.717, 1.165) is 0 Å². The third-order valence-corrected chi connectivity index (χ3v) is 5.83. The molecule has 0 saturated heterocycles. The predicted octanol–water partition coefficient (Wildman–Crippen LogP) is 4.70. The van der Waals surface area contributed by atoms with Gasteiger partial charge in [0.2, 0.25) is 0 Å². The van der Waals surface area contributed by atoms with Gasteiger partial charge in [0.15, 0.2) is 6.61 Å². The minimum absolute atomic E-state index is 0.0311. The first-order valence-corrected chi connectivity index (χ1v) is 11.0. The molecule has 2 aliphatic carbocycles. The Morgan fingerprint density at radius 3 is 2.19 bits per heavy atom. The molecule has 32 heavy (non-hydrogen) atoms. The number of hydrogen-bond acceptors (Lipinski definition) is 6. The topological polar surface area (TPSA) is 78.9 Å². The predicted molar refractivity (Wildman–Crippen MR) is 115 cm³/mol. The van der Waals surface area contributed by atoms with E-state index >= 15 is 0 Å². The summed E-state index contributed by atoms with van der Waals surface area (Å²) in [6.07, 6.45) is -0.752. The smallest absolute Gasteiger partial charge is 0.422 e. The van der Waals surface area contributed by atoms with E-state index in [2.05, 4.69) is 4.74 Å². The fraction of sp³-hybridized carbons (Fsp3) is 0.500. The monoisotopic (exact) mass is 566 g/mol. The molecule has 174 valence electrons. The number of rotatable bonds is 5. The van der Waals surface area contributed by atoms with Gasteiger partial charge in [-0.25, -0.2) is 4.79 Å². The molecular weight excluding hydrogens is 544 g/mol. The summed E-state index contributed by atoms with van der Waals surface area (Å²) in [6.45, 7) is 3.37. The highest BCUT2D eigenvalue weighted by Crippen LogP contribution is 2.49. The Balaban J connectivity index is 1.81. The summed E-state index contributed by atoms with van der Waals surface area (Å²) < 4.78 is 53.4. The molecule has 0 radical (unpaired) electrons. The summed E-state index contributed by atoms with van der Waals surface area (Å²) in [5, 5.41) is 0. The van der Waals surface area contributed by atoms with Crippen LogP contribution >= 0.6 is 22.6 Å². The van der Waals surface area contributed by atoms with Crippen LogP contribution in [0.15, 0.2) is 30.4 Å². The maximum absolute atomic E-state index is 13.1. The van der Waals surface area contributed by atoms with Crippen molar-refractivity contribution in [1.82, 2.24) is 0 Å². The van der Waals surface area contributed by atoms with Gasteiger partial charge >= 0.3 is 24.1 Å². The molecule has 4 unspecified atom stereocenters.